The maximum atomic E-state index is 5.94. The van der Waals surface area contributed by atoms with Crippen LogP contribution in [0.2, 0.25) is 5.15 Å². The van der Waals surface area contributed by atoms with Gasteiger partial charge >= 0.3 is 0 Å². The monoisotopic (exact) mass is 866 g/mol. The highest BCUT2D eigenvalue weighted by atomic mass is 35.5. The molecule has 14 nitrogen and oxygen atoms in total. The van der Waals surface area contributed by atoms with E-state index >= 15 is 0 Å². The SMILES string of the molecule is COc1ccc(Cc2nccc(Cl)n2)cc1OC.COc1ccc(Cc2nccc(Nc3c(C)c(C)nn3-c3ccccc3)n2)cc1OC.Cc1nn(-c2ccccc2)c(N)c1C. The highest BCUT2D eigenvalue weighted by Crippen LogP contribution is 2.30. The van der Waals surface area contributed by atoms with Gasteiger partial charge in [-0.05, 0) is 99.5 Å². The molecule has 0 aliphatic heterocycles. The van der Waals surface area contributed by atoms with Crippen LogP contribution in [0, 0.1) is 27.7 Å². The molecule has 0 unspecified atom stereocenters. The van der Waals surface area contributed by atoms with Crippen molar-refractivity contribution in [1.82, 2.24) is 39.5 Å². The molecule has 324 valence electrons. The molecule has 0 radical (unpaired) electrons. The van der Waals surface area contributed by atoms with E-state index in [9.17, 15) is 0 Å². The number of para-hydroxylation sites is 2. The molecule has 0 aliphatic carbocycles. The Morgan fingerprint density at radius 1 is 0.556 bits per heavy atom. The van der Waals surface area contributed by atoms with Crippen molar-refractivity contribution in [1.29, 1.82) is 0 Å². The number of benzene rings is 4. The first-order valence-corrected chi connectivity index (χ1v) is 20.4. The molecule has 8 aromatic rings. The number of hydrogen-bond donors (Lipinski definition) is 2. The minimum absolute atomic E-state index is 0.445. The molecule has 0 atom stereocenters. The van der Waals surface area contributed by atoms with Gasteiger partial charge in [0.05, 0.1) is 51.2 Å². The van der Waals surface area contributed by atoms with E-state index in [0.29, 0.717) is 64.3 Å². The van der Waals surface area contributed by atoms with Gasteiger partial charge in [0.1, 0.15) is 34.3 Å². The summed E-state index contributed by atoms with van der Waals surface area (Å²) in [6.07, 6.45) is 4.58. The van der Waals surface area contributed by atoms with E-state index in [-0.39, 0.29) is 0 Å². The van der Waals surface area contributed by atoms with Gasteiger partial charge in [0.15, 0.2) is 23.0 Å². The van der Waals surface area contributed by atoms with Crippen LogP contribution in [-0.4, -0.2) is 67.9 Å². The average Bonchev–Trinajstić information content (AvgIpc) is 3.74. The second-order valence-electron chi connectivity index (χ2n) is 14.2. The lowest BCUT2D eigenvalue weighted by Crippen LogP contribution is -2.06. The Balaban J connectivity index is 0.000000174. The number of nitrogens with zero attached hydrogens (tertiary/aromatic N) is 8. The summed E-state index contributed by atoms with van der Waals surface area (Å²) in [7, 11) is 6.47. The normalized spacial score (nSPS) is 10.5. The molecule has 8 rings (SSSR count). The Bertz CT molecular complexity index is 2740. The number of nitrogens with two attached hydrogens (primary N) is 1. The van der Waals surface area contributed by atoms with Crippen molar-refractivity contribution in [2.24, 2.45) is 0 Å². The van der Waals surface area contributed by atoms with Crippen molar-refractivity contribution in [2.75, 3.05) is 39.5 Å². The summed E-state index contributed by atoms with van der Waals surface area (Å²) in [6.45, 7) is 8.00. The van der Waals surface area contributed by atoms with Gasteiger partial charge in [-0.1, -0.05) is 60.1 Å². The quantitative estimate of drug-likeness (QED) is 0.112. The van der Waals surface area contributed by atoms with Crippen molar-refractivity contribution >= 4 is 29.1 Å². The van der Waals surface area contributed by atoms with Crippen LogP contribution in [0.3, 0.4) is 0 Å². The van der Waals surface area contributed by atoms with Crippen molar-refractivity contribution in [2.45, 2.75) is 40.5 Å². The molecule has 63 heavy (non-hydrogen) atoms. The van der Waals surface area contributed by atoms with Gasteiger partial charge in [-0.15, -0.1) is 0 Å². The number of nitrogens with one attached hydrogen (secondary N) is 1. The number of anilines is 3. The molecule has 0 aliphatic rings. The van der Waals surface area contributed by atoms with E-state index in [0.717, 1.165) is 50.8 Å². The lowest BCUT2D eigenvalue weighted by molar-refractivity contribution is 0.354. The molecule has 3 N–H and O–H groups in total. The lowest BCUT2D eigenvalue weighted by atomic mass is 10.1. The smallest absolute Gasteiger partial charge is 0.161 e. The predicted octanol–water partition coefficient (Wildman–Crippen LogP) is 9.44. The van der Waals surface area contributed by atoms with Crippen LogP contribution in [0.1, 0.15) is 45.3 Å². The van der Waals surface area contributed by atoms with Crippen LogP contribution >= 0.6 is 11.6 Å². The minimum atomic E-state index is 0.445. The van der Waals surface area contributed by atoms with Gasteiger partial charge in [-0.3, -0.25) is 0 Å². The number of hydrogen-bond acceptors (Lipinski definition) is 12. The molecule has 0 bridgehead atoms. The summed E-state index contributed by atoms with van der Waals surface area (Å²) >= 11 is 5.82. The van der Waals surface area contributed by atoms with E-state index < -0.39 is 0 Å². The van der Waals surface area contributed by atoms with Crippen LogP contribution in [0.4, 0.5) is 17.5 Å². The van der Waals surface area contributed by atoms with Crippen molar-refractivity contribution in [3.63, 3.8) is 0 Å². The highest BCUT2D eigenvalue weighted by molar-refractivity contribution is 6.29. The van der Waals surface area contributed by atoms with Gasteiger partial charge in [-0.25, -0.2) is 29.3 Å². The fourth-order valence-electron chi connectivity index (χ4n) is 6.38. The number of ether oxygens (including phenoxy) is 4. The zero-order chi connectivity index (χ0) is 44.9. The Hall–Kier alpha value is -7.45. The molecule has 0 fully saturated rings. The molecule has 4 heterocycles. The third kappa shape index (κ3) is 11.5. The summed E-state index contributed by atoms with van der Waals surface area (Å²) in [5.74, 6) is 6.48. The topological polar surface area (TPSA) is 162 Å². The molecular weight excluding hydrogens is 816 g/mol. The summed E-state index contributed by atoms with van der Waals surface area (Å²) in [4.78, 5) is 17.5. The fourth-order valence-corrected chi connectivity index (χ4v) is 6.53. The van der Waals surface area contributed by atoms with Crippen LogP contribution < -0.4 is 30.0 Å². The standard InChI is InChI=1S/C24H25N5O2.C13H13ClN2O2.C11H13N3/c1-16-17(2)28-29(19-8-6-5-7-9-19)24(16)27-22-12-13-25-23(26-22)15-18-10-11-20(30-3)21(14-18)31-4;1-17-10-4-3-9(7-11(10)18-2)8-13-15-6-5-12(14)16-13;1-8-9(2)13-14(11(8)12)10-6-4-3-5-7-10/h5-14H,15H2,1-4H3,(H,25,26,27);3-7H,8H2,1-2H3;3-7H,12H2,1-2H3. The molecule has 4 aromatic heterocycles. The Morgan fingerprint density at radius 2 is 1.03 bits per heavy atom. The zero-order valence-corrected chi connectivity index (χ0v) is 37.4. The Labute approximate surface area is 372 Å². The Morgan fingerprint density at radius 3 is 1.52 bits per heavy atom. The number of aryl methyl sites for hydroxylation is 2. The third-order valence-corrected chi connectivity index (χ3v) is 10.2. The maximum Gasteiger partial charge on any atom is 0.161 e. The molecule has 0 spiro atoms. The van der Waals surface area contributed by atoms with Gasteiger partial charge in [0, 0.05) is 36.4 Å². The average molecular weight is 867 g/mol. The zero-order valence-electron chi connectivity index (χ0n) is 36.6. The molecule has 0 saturated carbocycles. The molecule has 0 amide bonds. The van der Waals surface area contributed by atoms with E-state index in [1.807, 2.05) is 129 Å². The first kappa shape index (κ1) is 45.1. The lowest BCUT2D eigenvalue weighted by Gasteiger charge is -2.12. The first-order chi connectivity index (χ1) is 30.5. The fraction of sp³-hybridized carbons (Fsp3) is 0.208. The number of halogens is 1. The molecule has 15 heteroatoms. The summed E-state index contributed by atoms with van der Waals surface area (Å²) in [6, 6.07) is 35.0. The second kappa shape index (κ2) is 21.4. The summed E-state index contributed by atoms with van der Waals surface area (Å²) in [5, 5.41) is 12.9. The van der Waals surface area contributed by atoms with Gasteiger partial charge < -0.3 is 30.0 Å². The minimum Gasteiger partial charge on any atom is -0.493 e. The van der Waals surface area contributed by atoms with Crippen molar-refractivity contribution in [3.8, 4) is 34.4 Å². The van der Waals surface area contributed by atoms with Gasteiger partial charge in [0.25, 0.3) is 0 Å². The third-order valence-electron chi connectivity index (χ3n) is 10.0. The summed E-state index contributed by atoms with van der Waals surface area (Å²) < 4.78 is 24.8. The number of aromatic nitrogens is 8. The maximum absolute atomic E-state index is 5.94. The highest BCUT2D eigenvalue weighted by Gasteiger charge is 2.15. The number of rotatable bonds is 12. The van der Waals surface area contributed by atoms with Crippen LogP contribution in [0.15, 0.2) is 122 Å². The summed E-state index contributed by atoms with van der Waals surface area (Å²) in [5.41, 5.74) is 14.1. The van der Waals surface area contributed by atoms with E-state index in [2.05, 4.69) is 37.4 Å². The first-order valence-electron chi connectivity index (χ1n) is 20.0. The Kier molecular flexibility index (Phi) is 15.3. The number of nitrogen functional groups attached to an aromatic ring is 1. The van der Waals surface area contributed by atoms with E-state index in [1.165, 1.54) is 0 Å². The van der Waals surface area contributed by atoms with Crippen molar-refractivity contribution in [3.05, 3.63) is 172 Å². The predicted molar refractivity (Wildman–Crippen MR) is 248 cm³/mol. The van der Waals surface area contributed by atoms with E-state index in [4.69, 9.17) is 41.3 Å². The molecule has 0 saturated heterocycles. The van der Waals surface area contributed by atoms with Gasteiger partial charge in [-0.2, -0.15) is 10.2 Å². The number of methoxy groups -OCH3 is 4. The van der Waals surface area contributed by atoms with Crippen LogP contribution in [0.25, 0.3) is 11.4 Å². The van der Waals surface area contributed by atoms with Crippen LogP contribution in [0.5, 0.6) is 23.0 Å². The molecular formula is C48H51ClN10O4. The largest absolute Gasteiger partial charge is 0.493 e. The van der Waals surface area contributed by atoms with Gasteiger partial charge in [0.2, 0.25) is 0 Å². The molecule has 4 aromatic carbocycles. The van der Waals surface area contributed by atoms with Crippen LogP contribution in [-0.2, 0) is 12.8 Å². The second-order valence-corrected chi connectivity index (χ2v) is 14.5. The van der Waals surface area contributed by atoms with Crippen molar-refractivity contribution < 1.29 is 18.9 Å². The van der Waals surface area contributed by atoms with E-state index in [1.54, 1.807) is 51.6 Å².